The number of nitrogens with zero attached hydrogens (tertiary/aromatic N) is 4. The Bertz CT molecular complexity index is 1150. The minimum Gasteiger partial charge on any atom is -0.331 e. The number of hydrogen-bond donors (Lipinski definition) is 0. The zero-order valence-corrected chi connectivity index (χ0v) is 18.6. The number of benzene rings is 1. The third kappa shape index (κ3) is 5.17. The normalized spacial score (nSPS) is 14.3. The Labute approximate surface area is 189 Å². The van der Waals surface area contributed by atoms with Crippen LogP contribution in [0.4, 0.5) is 17.6 Å². The molecule has 3 aromatic rings. The predicted molar refractivity (Wildman–Crippen MR) is 116 cm³/mol. The van der Waals surface area contributed by atoms with Gasteiger partial charge in [-0.2, -0.15) is 13.2 Å². The van der Waals surface area contributed by atoms with E-state index in [-0.39, 0.29) is 19.0 Å². The molecule has 0 N–H and O–H groups in total. The summed E-state index contributed by atoms with van der Waals surface area (Å²) in [6.07, 6.45) is -0.450. The van der Waals surface area contributed by atoms with E-state index in [9.17, 15) is 22.4 Å². The molecule has 9 heteroatoms. The number of aromatic nitrogens is 3. The molecule has 0 bridgehead atoms. The minimum atomic E-state index is -4.85. The molecule has 2 heterocycles. The van der Waals surface area contributed by atoms with Crippen LogP contribution >= 0.6 is 0 Å². The van der Waals surface area contributed by atoms with Gasteiger partial charge in [-0.3, -0.25) is 4.79 Å². The van der Waals surface area contributed by atoms with Crippen molar-refractivity contribution in [3.8, 4) is 0 Å². The van der Waals surface area contributed by atoms with Crippen molar-refractivity contribution in [3.63, 3.8) is 0 Å². The Morgan fingerprint density at radius 2 is 1.97 bits per heavy atom. The van der Waals surface area contributed by atoms with Crippen molar-refractivity contribution in [2.45, 2.75) is 52.4 Å². The fraction of sp³-hybridized carbons (Fsp3) is 0.458. The SMILES string of the molecule is CC(C)CCN(Cc1nc2cccnc2n1CC1CC1)C(=O)c1c(F)cccc1C(F)(F)F. The summed E-state index contributed by atoms with van der Waals surface area (Å²) < 4.78 is 57.3. The van der Waals surface area contributed by atoms with Crippen molar-refractivity contribution in [3.05, 3.63) is 59.3 Å². The number of amides is 1. The molecule has 1 fully saturated rings. The molecule has 2 aromatic heterocycles. The van der Waals surface area contributed by atoms with Crippen LogP contribution in [0.5, 0.6) is 0 Å². The summed E-state index contributed by atoms with van der Waals surface area (Å²) in [6, 6.07) is 6.16. The fourth-order valence-corrected chi connectivity index (χ4v) is 3.85. The number of halogens is 4. The average Bonchev–Trinajstić information content (AvgIpc) is 3.51. The van der Waals surface area contributed by atoms with E-state index < -0.39 is 29.0 Å². The Morgan fingerprint density at radius 3 is 2.64 bits per heavy atom. The number of rotatable bonds is 8. The first-order chi connectivity index (χ1) is 15.6. The molecule has 0 unspecified atom stereocenters. The van der Waals surface area contributed by atoms with Crippen molar-refractivity contribution in [1.29, 1.82) is 0 Å². The first kappa shape index (κ1) is 23.2. The molecule has 33 heavy (non-hydrogen) atoms. The highest BCUT2D eigenvalue weighted by molar-refractivity contribution is 5.96. The van der Waals surface area contributed by atoms with Gasteiger partial charge in [-0.25, -0.2) is 14.4 Å². The van der Waals surface area contributed by atoms with Gasteiger partial charge in [0.15, 0.2) is 5.65 Å². The predicted octanol–water partition coefficient (Wildman–Crippen LogP) is 5.69. The lowest BCUT2D eigenvalue weighted by molar-refractivity contribution is -0.138. The van der Waals surface area contributed by atoms with Gasteiger partial charge in [0.25, 0.3) is 5.91 Å². The zero-order valence-electron chi connectivity index (χ0n) is 18.6. The zero-order chi connectivity index (χ0) is 23.8. The smallest absolute Gasteiger partial charge is 0.331 e. The standard InChI is InChI=1S/C24H26F4N4O/c1-15(2)10-12-31(23(33)21-17(24(26,27)28)5-3-6-18(21)25)14-20-30-19-7-4-11-29-22(19)32(20)13-16-8-9-16/h3-7,11,15-16H,8-10,12-14H2,1-2H3. The maximum Gasteiger partial charge on any atom is 0.417 e. The van der Waals surface area contributed by atoms with Gasteiger partial charge in [0, 0.05) is 19.3 Å². The number of carbonyl (C=O) groups is 1. The molecule has 1 aliphatic rings. The highest BCUT2D eigenvalue weighted by Crippen LogP contribution is 2.35. The molecule has 0 spiro atoms. The molecule has 0 saturated heterocycles. The van der Waals surface area contributed by atoms with Gasteiger partial charge in [0.05, 0.1) is 17.7 Å². The van der Waals surface area contributed by atoms with Gasteiger partial charge in [-0.1, -0.05) is 19.9 Å². The summed E-state index contributed by atoms with van der Waals surface area (Å²) in [6.45, 7) is 4.75. The van der Waals surface area contributed by atoms with Gasteiger partial charge in [0.1, 0.15) is 17.2 Å². The lowest BCUT2D eigenvalue weighted by Gasteiger charge is -2.25. The summed E-state index contributed by atoms with van der Waals surface area (Å²) in [4.78, 5) is 23.7. The van der Waals surface area contributed by atoms with Gasteiger partial charge in [-0.05, 0) is 55.4 Å². The monoisotopic (exact) mass is 462 g/mol. The van der Waals surface area contributed by atoms with Crippen LogP contribution in [0.2, 0.25) is 0 Å². The molecular formula is C24H26F4N4O. The molecular weight excluding hydrogens is 436 g/mol. The second-order valence-electron chi connectivity index (χ2n) is 9.00. The molecule has 1 amide bonds. The lowest BCUT2D eigenvalue weighted by atomic mass is 10.0. The summed E-state index contributed by atoms with van der Waals surface area (Å²) >= 11 is 0. The number of pyridine rings is 1. The molecule has 0 aliphatic heterocycles. The number of imidazole rings is 1. The van der Waals surface area contributed by atoms with Crippen LogP contribution in [0, 0.1) is 17.7 Å². The van der Waals surface area contributed by atoms with Crippen molar-refractivity contribution >= 4 is 17.1 Å². The number of carbonyl (C=O) groups excluding carboxylic acids is 1. The van der Waals surface area contributed by atoms with E-state index in [1.165, 1.54) is 4.90 Å². The van der Waals surface area contributed by atoms with Crippen LogP contribution in [-0.4, -0.2) is 31.9 Å². The maximum absolute atomic E-state index is 14.6. The third-order valence-corrected chi connectivity index (χ3v) is 5.85. The van der Waals surface area contributed by atoms with Crippen molar-refractivity contribution in [1.82, 2.24) is 19.4 Å². The molecule has 1 aromatic carbocycles. The summed E-state index contributed by atoms with van der Waals surface area (Å²) in [5.41, 5.74) is -0.879. The van der Waals surface area contributed by atoms with Crippen LogP contribution in [0.15, 0.2) is 36.5 Å². The molecule has 5 nitrogen and oxygen atoms in total. The van der Waals surface area contributed by atoms with Crippen LogP contribution in [-0.2, 0) is 19.3 Å². The first-order valence-electron chi connectivity index (χ1n) is 11.1. The highest BCUT2D eigenvalue weighted by Gasteiger charge is 2.38. The van der Waals surface area contributed by atoms with Gasteiger partial charge >= 0.3 is 6.18 Å². The Balaban J connectivity index is 1.73. The quantitative estimate of drug-likeness (QED) is 0.404. The highest BCUT2D eigenvalue weighted by atomic mass is 19.4. The summed E-state index contributed by atoms with van der Waals surface area (Å²) in [5, 5.41) is 0. The number of alkyl halides is 3. The third-order valence-electron chi connectivity index (χ3n) is 5.85. The van der Waals surface area contributed by atoms with E-state index in [2.05, 4.69) is 9.97 Å². The minimum absolute atomic E-state index is 0.0275. The lowest BCUT2D eigenvalue weighted by Crippen LogP contribution is -2.35. The van der Waals surface area contributed by atoms with Gasteiger partial charge in [0.2, 0.25) is 0 Å². The van der Waals surface area contributed by atoms with Crippen molar-refractivity contribution < 1.29 is 22.4 Å². The largest absolute Gasteiger partial charge is 0.417 e. The molecule has 1 aliphatic carbocycles. The van der Waals surface area contributed by atoms with E-state index in [4.69, 9.17) is 0 Å². The Hall–Kier alpha value is -2.97. The second kappa shape index (κ2) is 9.11. The van der Waals surface area contributed by atoms with Crippen LogP contribution in [0.3, 0.4) is 0 Å². The maximum atomic E-state index is 14.6. The number of hydrogen-bond acceptors (Lipinski definition) is 3. The molecule has 4 rings (SSSR count). The van der Waals surface area contributed by atoms with E-state index in [1.807, 2.05) is 24.5 Å². The van der Waals surface area contributed by atoms with E-state index in [0.717, 1.165) is 31.0 Å². The van der Waals surface area contributed by atoms with Gasteiger partial charge in [-0.15, -0.1) is 0 Å². The molecule has 0 atom stereocenters. The van der Waals surface area contributed by atoms with E-state index in [1.54, 1.807) is 12.3 Å². The molecule has 1 saturated carbocycles. The topological polar surface area (TPSA) is 51.0 Å². The van der Waals surface area contributed by atoms with E-state index in [0.29, 0.717) is 35.9 Å². The Morgan fingerprint density at radius 1 is 1.21 bits per heavy atom. The average molecular weight is 462 g/mol. The number of fused-ring (bicyclic) bond motifs is 1. The van der Waals surface area contributed by atoms with Crippen LogP contribution in [0.25, 0.3) is 11.2 Å². The molecule has 0 radical (unpaired) electrons. The van der Waals surface area contributed by atoms with E-state index >= 15 is 0 Å². The van der Waals surface area contributed by atoms with Crippen molar-refractivity contribution in [2.24, 2.45) is 11.8 Å². The summed E-state index contributed by atoms with van der Waals surface area (Å²) in [7, 11) is 0. The van der Waals surface area contributed by atoms with Crippen LogP contribution < -0.4 is 0 Å². The first-order valence-corrected chi connectivity index (χ1v) is 11.1. The fourth-order valence-electron chi connectivity index (χ4n) is 3.85. The summed E-state index contributed by atoms with van der Waals surface area (Å²) in [5.74, 6) is -0.935. The second-order valence-corrected chi connectivity index (χ2v) is 9.00. The van der Waals surface area contributed by atoms with Gasteiger partial charge < -0.3 is 9.47 Å². The van der Waals surface area contributed by atoms with Crippen LogP contribution in [0.1, 0.15) is 54.9 Å². The molecule has 176 valence electrons. The Kier molecular flexibility index (Phi) is 6.41. The van der Waals surface area contributed by atoms with Crippen molar-refractivity contribution in [2.75, 3.05) is 6.54 Å².